The van der Waals surface area contributed by atoms with Crippen molar-refractivity contribution in [3.8, 4) is 0 Å². The molecule has 6 heteroatoms. The van der Waals surface area contributed by atoms with Gasteiger partial charge in [0.2, 0.25) is 0 Å². The number of carbonyl (C=O) groups excluding carboxylic acids is 3. The quantitative estimate of drug-likeness (QED) is 0.0199. The van der Waals surface area contributed by atoms with Gasteiger partial charge in [0.15, 0.2) is 6.10 Å². The van der Waals surface area contributed by atoms with Crippen LogP contribution < -0.4 is 0 Å². The number of ether oxygens (including phenoxy) is 3. The molecule has 0 aromatic heterocycles. The van der Waals surface area contributed by atoms with Gasteiger partial charge in [-0.2, -0.15) is 0 Å². The smallest absolute Gasteiger partial charge is 0.306 e. The molecule has 0 fully saturated rings. The molecule has 0 saturated heterocycles. The van der Waals surface area contributed by atoms with E-state index < -0.39 is 6.10 Å². The molecule has 0 spiro atoms. The molecule has 0 aliphatic rings. The molecule has 0 aliphatic carbocycles. The second-order valence-electron chi connectivity index (χ2n) is 17.5. The number of allylic oxidation sites excluding steroid dienone is 12. The third-order valence-electron chi connectivity index (χ3n) is 11.3. The van der Waals surface area contributed by atoms with Crippen LogP contribution in [0.1, 0.15) is 252 Å². The van der Waals surface area contributed by atoms with Crippen LogP contribution >= 0.6 is 0 Å². The second-order valence-corrected chi connectivity index (χ2v) is 17.5. The molecule has 0 radical (unpaired) electrons. The van der Waals surface area contributed by atoms with Gasteiger partial charge in [-0.15, -0.1) is 0 Å². The van der Waals surface area contributed by atoms with Crippen LogP contribution in [0.3, 0.4) is 0 Å². The largest absolute Gasteiger partial charge is 0.462 e. The normalized spacial score (nSPS) is 12.6. The fourth-order valence-electron chi connectivity index (χ4n) is 7.32. The van der Waals surface area contributed by atoms with Crippen molar-refractivity contribution >= 4 is 17.9 Å². The summed E-state index contributed by atoms with van der Waals surface area (Å²) in [6.07, 6.45) is 64.7. The summed E-state index contributed by atoms with van der Waals surface area (Å²) in [4.78, 5) is 37.9. The van der Waals surface area contributed by atoms with Crippen LogP contribution in [0.4, 0.5) is 0 Å². The fourth-order valence-corrected chi connectivity index (χ4v) is 7.32. The van der Waals surface area contributed by atoms with Gasteiger partial charge in [0.05, 0.1) is 0 Å². The molecule has 1 atom stereocenters. The molecular formula is C57H98O6. The number of hydrogen-bond acceptors (Lipinski definition) is 6. The van der Waals surface area contributed by atoms with Crippen LogP contribution in [0.15, 0.2) is 72.9 Å². The molecule has 0 aliphatic heterocycles. The molecule has 362 valence electrons. The highest BCUT2D eigenvalue weighted by atomic mass is 16.6. The molecule has 0 saturated carbocycles. The summed E-state index contributed by atoms with van der Waals surface area (Å²) >= 11 is 0. The summed E-state index contributed by atoms with van der Waals surface area (Å²) in [5.74, 6) is -0.950. The first-order valence-electron chi connectivity index (χ1n) is 26.5. The fraction of sp³-hybridized carbons (Fsp3) is 0.737. The van der Waals surface area contributed by atoms with Crippen LogP contribution in [-0.4, -0.2) is 37.2 Å². The summed E-state index contributed by atoms with van der Waals surface area (Å²) in [5.41, 5.74) is 0. The molecular weight excluding hydrogens is 781 g/mol. The van der Waals surface area contributed by atoms with E-state index in [0.29, 0.717) is 19.3 Å². The van der Waals surface area contributed by atoms with Crippen LogP contribution in [0, 0.1) is 0 Å². The maximum atomic E-state index is 12.8. The summed E-state index contributed by atoms with van der Waals surface area (Å²) in [5, 5.41) is 0. The Balaban J connectivity index is 4.36. The molecule has 6 nitrogen and oxygen atoms in total. The molecule has 0 aromatic carbocycles. The van der Waals surface area contributed by atoms with Gasteiger partial charge in [0, 0.05) is 19.3 Å². The SMILES string of the molecule is CC/C=C\C/C=C\CCCCC(=O)OCC(COC(=O)CCCCCCC\C=C/C=C\C=C/C=C\CCCCC)OC(=O)CCCCCCCCCCCCCCCCCCCC. The summed E-state index contributed by atoms with van der Waals surface area (Å²) in [6.45, 7) is 6.44. The van der Waals surface area contributed by atoms with E-state index in [9.17, 15) is 14.4 Å². The number of hydrogen-bond donors (Lipinski definition) is 0. The third kappa shape index (κ3) is 49.7. The van der Waals surface area contributed by atoms with Gasteiger partial charge < -0.3 is 14.2 Å². The average Bonchev–Trinajstić information content (AvgIpc) is 3.28. The van der Waals surface area contributed by atoms with E-state index in [1.165, 1.54) is 116 Å². The third-order valence-corrected chi connectivity index (χ3v) is 11.3. The zero-order chi connectivity index (χ0) is 45.8. The minimum Gasteiger partial charge on any atom is -0.462 e. The van der Waals surface area contributed by atoms with E-state index >= 15 is 0 Å². The van der Waals surface area contributed by atoms with Crippen molar-refractivity contribution in [3.63, 3.8) is 0 Å². The van der Waals surface area contributed by atoms with E-state index in [-0.39, 0.29) is 31.1 Å². The van der Waals surface area contributed by atoms with Gasteiger partial charge >= 0.3 is 17.9 Å². The van der Waals surface area contributed by atoms with Crippen molar-refractivity contribution in [2.24, 2.45) is 0 Å². The highest BCUT2D eigenvalue weighted by molar-refractivity contribution is 5.71. The zero-order valence-electron chi connectivity index (χ0n) is 41.3. The van der Waals surface area contributed by atoms with Crippen molar-refractivity contribution < 1.29 is 28.6 Å². The first-order chi connectivity index (χ1) is 31.0. The zero-order valence-corrected chi connectivity index (χ0v) is 41.3. The van der Waals surface area contributed by atoms with Crippen LogP contribution in [0.25, 0.3) is 0 Å². The lowest BCUT2D eigenvalue weighted by molar-refractivity contribution is -0.167. The molecule has 0 aromatic rings. The maximum absolute atomic E-state index is 12.8. The van der Waals surface area contributed by atoms with E-state index in [2.05, 4.69) is 93.7 Å². The van der Waals surface area contributed by atoms with E-state index in [1.807, 2.05) is 0 Å². The van der Waals surface area contributed by atoms with Gasteiger partial charge in [-0.25, -0.2) is 0 Å². The lowest BCUT2D eigenvalue weighted by Gasteiger charge is -2.18. The molecule has 1 unspecified atom stereocenters. The predicted octanol–water partition coefficient (Wildman–Crippen LogP) is 17.4. The van der Waals surface area contributed by atoms with Crippen molar-refractivity contribution in [2.75, 3.05) is 13.2 Å². The van der Waals surface area contributed by atoms with E-state index in [0.717, 1.165) is 96.3 Å². The van der Waals surface area contributed by atoms with Gasteiger partial charge in [0.25, 0.3) is 0 Å². The number of esters is 3. The molecule has 0 N–H and O–H groups in total. The van der Waals surface area contributed by atoms with Gasteiger partial charge in [-0.05, 0) is 70.6 Å². The Bertz CT molecular complexity index is 1190. The van der Waals surface area contributed by atoms with Crippen LogP contribution in [0.5, 0.6) is 0 Å². The van der Waals surface area contributed by atoms with E-state index in [4.69, 9.17) is 14.2 Å². The summed E-state index contributed by atoms with van der Waals surface area (Å²) in [6, 6.07) is 0. The lowest BCUT2D eigenvalue weighted by atomic mass is 10.0. The van der Waals surface area contributed by atoms with Crippen LogP contribution in [0.2, 0.25) is 0 Å². The Kier molecular flexibility index (Phi) is 48.9. The van der Waals surface area contributed by atoms with Crippen molar-refractivity contribution in [3.05, 3.63) is 72.9 Å². The van der Waals surface area contributed by atoms with Gasteiger partial charge in [-0.1, -0.05) is 235 Å². The monoisotopic (exact) mass is 879 g/mol. The summed E-state index contributed by atoms with van der Waals surface area (Å²) < 4.78 is 16.7. The molecule has 0 bridgehead atoms. The lowest BCUT2D eigenvalue weighted by Crippen LogP contribution is -2.30. The predicted molar refractivity (Wildman–Crippen MR) is 270 cm³/mol. The molecule has 0 rings (SSSR count). The van der Waals surface area contributed by atoms with Crippen LogP contribution in [-0.2, 0) is 28.6 Å². The summed E-state index contributed by atoms with van der Waals surface area (Å²) in [7, 11) is 0. The standard InChI is InChI=1S/C57H98O6/c1-4-7-10-13-16-19-21-23-25-27-29-31-33-35-38-41-44-47-50-56(59)62-53-54(52-61-55(58)49-46-43-40-37-18-15-12-9-6-3)63-57(60)51-48-45-42-39-36-34-32-30-28-26-24-22-20-17-14-11-8-5-2/h9,12,16,18-19,21,23,25,27,29,31,37,54H,4-8,10-11,13-15,17,20,22,24,26,28,30,32-36,38-53H2,1-3H3/b12-9-,19-16-,23-21-,27-25-,31-29-,37-18-. The minimum absolute atomic E-state index is 0.0967. The van der Waals surface area contributed by atoms with E-state index in [1.54, 1.807) is 0 Å². The molecule has 0 heterocycles. The Morgan fingerprint density at radius 1 is 0.349 bits per heavy atom. The van der Waals surface area contributed by atoms with Gasteiger partial charge in [0.1, 0.15) is 13.2 Å². The maximum Gasteiger partial charge on any atom is 0.306 e. The molecule has 63 heavy (non-hydrogen) atoms. The topological polar surface area (TPSA) is 78.9 Å². The average molecular weight is 879 g/mol. The Morgan fingerprint density at radius 2 is 0.683 bits per heavy atom. The number of carbonyl (C=O) groups is 3. The Labute approximate surface area is 389 Å². The first kappa shape index (κ1) is 59.9. The minimum atomic E-state index is -0.795. The van der Waals surface area contributed by atoms with Crippen molar-refractivity contribution in [1.82, 2.24) is 0 Å². The highest BCUT2D eigenvalue weighted by Gasteiger charge is 2.19. The highest BCUT2D eigenvalue weighted by Crippen LogP contribution is 2.16. The Hall–Kier alpha value is -3.15. The first-order valence-corrected chi connectivity index (χ1v) is 26.5. The van der Waals surface area contributed by atoms with Crippen molar-refractivity contribution in [2.45, 2.75) is 258 Å². The molecule has 0 amide bonds. The number of rotatable bonds is 47. The number of unbranched alkanes of at least 4 members (excludes halogenated alkanes) is 27. The Morgan fingerprint density at radius 3 is 1.16 bits per heavy atom. The van der Waals surface area contributed by atoms with Crippen molar-refractivity contribution in [1.29, 1.82) is 0 Å². The van der Waals surface area contributed by atoms with Gasteiger partial charge in [-0.3, -0.25) is 14.4 Å². The second kappa shape index (κ2) is 51.5.